The lowest BCUT2D eigenvalue weighted by molar-refractivity contribution is -0.122. The monoisotopic (exact) mass is 477 g/mol. The summed E-state index contributed by atoms with van der Waals surface area (Å²) in [6.45, 7) is 2.66. The molecule has 1 amide bonds. The fourth-order valence-electron chi connectivity index (χ4n) is 3.77. The molecule has 0 saturated carbocycles. The molecule has 1 unspecified atom stereocenters. The zero-order valence-electron chi connectivity index (χ0n) is 17.1. The Bertz CT molecular complexity index is 1070. The highest BCUT2D eigenvalue weighted by Gasteiger charge is 2.36. The number of hydrogen-bond acceptors (Lipinski definition) is 5. The minimum atomic E-state index is -3.55. The SMILES string of the molecule is CC1CSC(N(C(=O)C2CCN(S(=O)(=O)c3ccccc3)CC2)c2ccc(Cl)cc2)=N1. The number of carbonyl (C=O) groups excluding carboxylic acids is 1. The van der Waals surface area contributed by atoms with Crippen LogP contribution in [0.2, 0.25) is 5.02 Å². The van der Waals surface area contributed by atoms with Crippen LogP contribution < -0.4 is 4.90 Å². The van der Waals surface area contributed by atoms with Gasteiger partial charge in [-0.2, -0.15) is 4.31 Å². The summed E-state index contributed by atoms with van der Waals surface area (Å²) in [4.78, 5) is 20.1. The number of thioether (sulfide) groups is 1. The first kappa shape index (κ1) is 22.3. The van der Waals surface area contributed by atoms with Crippen molar-refractivity contribution in [2.75, 3.05) is 23.7 Å². The quantitative estimate of drug-likeness (QED) is 0.659. The third-order valence-electron chi connectivity index (χ3n) is 5.47. The van der Waals surface area contributed by atoms with Crippen molar-refractivity contribution in [1.82, 2.24) is 4.31 Å². The van der Waals surface area contributed by atoms with Crippen LogP contribution in [0.15, 0.2) is 64.5 Å². The summed E-state index contributed by atoms with van der Waals surface area (Å²) in [5.41, 5.74) is 0.731. The van der Waals surface area contributed by atoms with Gasteiger partial charge < -0.3 is 0 Å². The van der Waals surface area contributed by atoms with Gasteiger partial charge in [-0.05, 0) is 56.2 Å². The topological polar surface area (TPSA) is 70.1 Å². The van der Waals surface area contributed by atoms with E-state index in [0.29, 0.717) is 36.1 Å². The highest BCUT2D eigenvalue weighted by atomic mass is 35.5. The average molecular weight is 478 g/mol. The Kier molecular flexibility index (Phi) is 6.71. The van der Waals surface area contributed by atoms with E-state index in [9.17, 15) is 13.2 Å². The Labute approximate surface area is 192 Å². The number of piperidine rings is 1. The molecule has 0 radical (unpaired) electrons. The number of rotatable bonds is 4. The van der Waals surface area contributed by atoms with Crippen LogP contribution in [0.4, 0.5) is 5.69 Å². The lowest BCUT2D eigenvalue weighted by Crippen LogP contribution is -2.45. The lowest BCUT2D eigenvalue weighted by Gasteiger charge is -2.33. The Morgan fingerprint density at radius 3 is 2.32 bits per heavy atom. The van der Waals surface area contributed by atoms with Gasteiger partial charge >= 0.3 is 0 Å². The molecule has 0 aliphatic carbocycles. The maximum absolute atomic E-state index is 13.5. The summed E-state index contributed by atoms with van der Waals surface area (Å²) < 4.78 is 27.3. The van der Waals surface area contributed by atoms with Crippen LogP contribution in [0.25, 0.3) is 0 Å². The number of nitrogens with zero attached hydrogens (tertiary/aromatic N) is 3. The summed E-state index contributed by atoms with van der Waals surface area (Å²) in [5.74, 6) is 0.525. The molecule has 2 heterocycles. The minimum absolute atomic E-state index is 0.0422. The van der Waals surface area contributed by atoms with Crippen molar-refractivity contribution in [3.05, 3.63) is 59.6 Å². The van der Waals surface area contributed by atoms with Gasteiger partial charge in [-0.3, -0.25) is 14.7 Å². The van der Waals surface area contributed by atoms with Crippen molar-refractivity contribution in [2.45, 2.75) is 30.7 Å². The first-order chi connectivity index (χ1) is 14.9. The van der Waals surface area contributed by atoms with E-state index < -0.39 is 10.0 Å². The predicted molar refractivity (Wildman–Crippen MR) is 126 cm³/mol. The smallest absolute Gasteiger partial charge is 0.243 e. The molecule has 0 N–H and O–H groups in total. The fourth-order valence-corrected chi connectivity index (χ4v) is 6.43. The van der Waals surface area contributed by atoms with E-state index in [4.69, 9.17) is 11.6 Å². The van der Waals surface area contributed by atoms with E-state index in [-0.39, 0.29) is 22.8 Å². The number of aliphatic imine (C=N–C) groups is 1. The standard InChI is InChI=1S/C22H24ClN3O3S2/c1-16-15-30-22(24-16)26(19-9-7-18(23)8-10-19)21(27)17-11-13-25(14-12-17)31(28,29)20-5-3-2-4-6-20/h2-10,16-17H,11-15H2,1H3. The maximum atomic E-state index is 13.5. The molecule has 0 bridgehead atoms. The van der Waals surface area contributed by atoms with E-state index in [1.54, 1.807) is 59.1 Å². The zero-order chi connectivity index (χ0) is 22.0. The summed E-state index contributed by atoms with van der Waals surface area (Å²) in [6, 6.07) is 15.7. The maximum Gasteiger partial charge on any atom is 0.243 e. The molecule has 164 valence electrons. The molecule has 1 saturated heterocycles. The highest BCUT2D eigenvalue weighted by molar-refractivity contribution is 8.14. The van der Waals surface area contributed by atoms with Crippen LogP contribution in [-0.2, 0) is 14.8 Å². The molecule has 1 atom stereocenters. The number of amidine groups is 1. The molecule has 1 fully saturated rings. The predicted octanol–water partition coefficient (Wildman–Crippen LogP) is 4.27. The van der Waals surface area contributed by atoms with E-state index in [2.05, 4.69) is 4.99 Å². The van der Waals surface area contributed by atoms with Crippen LogP contribution in [0.3, 0.4) is 0 Å². The first-order valence-corrected chi connectivity index (χ1v) is 13.0. The van der Waals surface area contributed by atoms with Crippen LogP contribution in [0.1, 0.15) is 19.8 Å². The molecule has 2 aromatic carbocycles. The van der Waals surface area contributed by atoms with Crippen molar-refractivity contribution in [3.8, 4) is 0 Å². The van der Waals surface area contributed by atoms with Crippen molar-refractivity contribution < 1.29 is 13.2 Å². The van der Waals surface area contributed by atoms with Gasteiger partial charge in [0.05, 0.1) is 16.6 Å². The van der Waals surface area contributed by atoms with Gasteiger partial charge in [0.2, 0.25) is 15.9 Å². The highest BCUT2D eigenvalue weighted by Crippen LogP contribution is 2.31. The van der Waals surface area contributed by atoms with Gasteiger partial charge in [-0.15, -0.1) is 0 Å². The van der Waals surface area contributed by atoms with E-state index in [1.807, 2.05) is 19.1 Å². The second-order valence-electron chi connectivity index (χ2n) is 7.71. The molecule has 6 nitrogen and oxygen atoms in total. The van der Waals surface area contributed by atoms with E-state index in [1.165, 1.54) is 4.31 Å². The Balaban J connectivity index is 1.51. The van der Waals surface area contributed by atoms with Crippen LogP contribution in [0.5, 0.6) is 0 Å². The van der Waals surface area contributed by atoms with Crippen molar-refractivity contribution >= 4 is 50.1 Å². The summed E-state index contributed by atoms with van der Waals surface area (Å²) in [5, 5.41) is 1.30. The molecule has 2 aromatic rings. The number of anilines is 1. The average Bonchev–Trinajstić information content (AvgIpc) is 3.21. The Morgan fingerprint density at radius 2 is 1.74 bits per heavy atom. The number of amides is 1. The number of sulfonamides is 1. The van der Waals surface area contributed by atoms with Gasteiger partial charge in [0.25, 0.3) is 0 Å². The minimum Gasteiger partial charge on any atom is -0.274 e. The molecule has 0 aromatic heterocycles. The molecule has 31 heavy (non-hydrogen) atoms. The van der Waals surface area contributed by atoms with Gasteiger partial charge in [0, 0.05) is 29.8 Å². The van der Waals surface area contributed by atoms with Crippen LogP contribution in [0, 0.1) is 5.92 Å². The second kappa shape index (κ2) is 9.32. The number of benzene rings is 2. The van der Waals surface area contributed by atoms with Crippen LogP contribution in [-0.4, -0.2) is 48.7 Å². The fraction of sp³-hybridized carbons (Fsp3) is 0.364. The molecule has 4 rings (SSSR count). The summed E-state index contributed by atoms with van der Waals surface area (Å²) in [7, 11) is -3.55. The molecular weight excluding hydrogens is 454 g/mol. The Morgan fingerprint density at radius 1 is 1.10 bits per heavy atom. The second-order valence-corrected chi connectivity index (χ2v) is 11.1. The van der Waals surface area contributed by atoms with Gasteiger partial charge in [0.1, 0.15) is 0 Å². The lowest BCUT2D eigenvalue weighted by atomic mass is 9.96. The van der Waals surface area contributed by atoms with Gasteiger partial charge in [-0.25, -0.2) is 8.42 Å². The van der Waals surface area contributed by atoms with Gasteiger partial charge in [0.15, 0.2) is 5.17 Å². The zero-order valence-corrected chi connectivity index (χ0v) is 19.5. The Hall–Kier alpha value is -1.87. The number of carbonyl (C=O) groups is 1. The normalized spacial score (nSPS) is 20.5. The summed E-state index contributed by atoms with van der Waals surface area (Å²) >= 11 is 7.60. The summed E-state index contributed by atoms with van der Waals surface area (Å²) in [6.07, 6.45) is 0.949. The van der Waals surface area contributed by atoms with Crippen molar-refractivity contribution in [3.63, 3.8) is 0 Å². The molecule has 2 aliphatic rings. The van der Waals surface area contributed by atoms with Crippen molar-refractivity contribution in [2.24, 2.45) is 10.9 Å². The van der Waals surface area contributed by atoms with Gasteiger partial charge in [-0.1, -0.05) is 41.6 Å². The molecule has 2 aliphatic heterocycles. The molecule has 0 spiro atoms. The number of hydrogen-bond donors (Lipinski definition) is 0. The first-order valence-electron chi connectivity index (χ1n) is 10.2. The molecular formula is C22H24ClN3O3S2. The van der Waals surface area contributed by atoms with Crippen LogP contribution >= 0.6 is 23.4 Å². The largest absolute Gasteiger partial charge is 0.274 e. The van der Waals surface area contributed by atoms with Crippen molar-refractivity contribution in [1.29, 1.82) is 0 Å². The number of halogens is 1. The van der Waals surface area contributed by atoms with E-state index >= 15 is 0 Å². The van der Waals surface area contributed by atoms with E-state index in [0.717, 1.165) is 11.4 Å². The third kappa shape index (κ3) is 4.82. The third-order valence-corrected chi connectivity index (χ3v) is 8.83. The molecule has 9 heteroatoms.